The molecular weight excluding hydrogens is 285 g/mol. The van der Waals surface area contributed by atoms with Crippen molar-refractivity contribution in [2.75, 3.05) is 7.11 Å². The lowest BCUT2D eigenvalue weighted by atomic mass is 9.99. The summed E-state index contributed by atoms with van der Waals surface area (Å²) in [4.78, 5) is 0. The summed E-state index contributed by atoms with van der Waals surface area (Å²) < 4.78 is 46.4. The monoisotopic (exact) mass is 298 g/mol. The summed E-state index contributed by atoms with van der Waals surface area (Å²) in [5, 5.41) is 18.6. The molecule has 0 fully saturated rings. The van der Waals surface area contributed by atoms with Gasteiger partial charge in [-0.3, -0.25) is 0 Å². The molecular formula is C15H13F3O3. The second kappa shape index (κ2) is 6.05. The molecule has 1 unspecified atom stereocenters. The number of phenolic OH excluding ortho intramolecular Hbond substituents is 1. The maximum absolute atomic E-state index is 14.4. The molecule has 1 atom stereocenters. The zero-order chi connectivity index (χ0) is 15.6. The number of halogens is 3. The fourth-order valence-corrected chi connectivity index (χ4v) is 1.97. The number of hydrogen-bond donors (Lipinski definition) is 2. The quantitative estimate of drug-likeness (QED) is 0.911. The second-order valence-electron chi connectivity index (χ2n) is 4.40. The third kappa shape index (κ3) is 2.80. The van der Waals surface area contributed by atoms with Crippen molar-refractivity contribution >= 4 is 0 Å². The van der Waals surface area contributed by atoms with E-state index in [9.17, 15) is 18.3 Å². The third-order valence-electron chi connectivity index (χ3n) is 3.12. The lowest BCUT2D eigenvalue weighted by Gasteiger charge is -2.14. The number of aromatic hydroxyl groups is 1. The van der Waals surface area contributed by atoms with E-state index in [2.05, 4.69) is 4.74 Å². The topological polar surface area (TPSA) is 49.7 Å². The van der Waals surface area contributed by atoms with Crippen LogP contribution in [0.3, 0.4) is 0 Å². The van der Waals surface area contributed by atoms with Crippen LogP contribution >= 0.6 is 0 Å². The highest BCUT2D eigenvalue weighted by molar-refractivity contribution is 5.43. The summed E-state index contributed by atoms with van der Waals surface area (Å²) in [6.45, 7) is -0.323. The van der Waals surface area contributed by atoms with E-state index in [1.807, 2.05) is 0 Å². The number of alkyl halides is 1. The fourth-order valence-electron chi connectivity index (χ4n) is 1.97. The van der Waals surface area contributed by atoms with Crippen LogP contribution in [0.4, 0.5) is 13.2 Å². The summed E-state index contributed by atoms with van der Waals surface area (Å²) in [6.07, 6.45) is -2.04. The Balaban J connectivity index is 2.45. The molecule has 0 heterocycles. The highest BCUT2D eigenvalue weighted by atomic mass is 19.2. The largest absolute Gasteiger partial charge is 0.508 e. The number of phenols is 1. The van der Waals surface area contributed by atoms with Gasteiger partial charge in [-0.2, -0.15) is 4.39 Å². The van der Waals surface area contributed by atoms with Gasteiger partial charge in [-0.05, 0) is 23.8 Å². The molecule has 0 saturated heterocycles. The number of rotatable bonds is 4. The standard InChI is InChI=1S/C15H13F3O3/c1-21-12-5-4-10(14(17)15(12)18)13(16)9-3-2-8(7-19)6-11(9)20/h2-6,13,19-20H,7H2,1H3. The van der Waals surface area contributed by atoms with Gasteiger partial charge >= 0.3 is 0 Å². The smallest absolute Gasteiger partial charge is 0.200 e. The first-order valence-electron chi connectivity index (χ1n) is 6.08. The van der Waals surface area contributed by atoms with E-state index in [0.717, 1.165) is 12.1 Å². The highest BCUT2D eigenvalue weighted by Crippen LogP contribution is 2.36. The van der Waals surface area contributed by atoms with Crippen LogP contribution < -0.4 is 4.74 Å². The summed E-state index contributed by atoms with van der Waals surface area (Å²) in [5.41, 5.74) is -0.374. The summed E-state index contributed by atoms with van der Waals surface area (Å²) >= 11 is 0. The Morgan fingerprint density at radius 1 is 1.10 bits per heavy atom. The van der Waals surface area contributed by atoms with Crippen LogP contribution in [0.5, 0.6) is 11.5 Å². The van der Waals surface area contributed by atoms with Crippen LogP contribution in [0.25, 0.3) is 0 Å². The first kappa shape index (κ1) is 15.2. The Hall–Kier alpha value is -2.21. The number of benzene rings is 2. The van der Waals surface area contributed by atoms with Crippen molar-refractivity contribution < 1.29 is 28.1 Å². The van der Waals surface area contributed by atoms with Gasteiger partial charge in [-0.25, -0.2) is 8.78 Å². The van der Waals surface area contributed by atoms with Crippen molar-refractivity contribution in [3.05, 3.63) is 58.7 Å². The van der Waals surface area contributed by atoms with Gasteiger partial charge in [0.25, 0.3) is 0 Å². The average Bonchev–Trinajstić information content (AvgIpc) is 2.49. The average molecular weight is 298 g/mol. The van der Waals surface area contributed by atoms with Crippen molar-refractivity contribution in [3.8, 4) is 11.5 Å². The molecule has 0 spiro atoms. The minimum absolute atomic E-state index is 0.212. The Morgan fingerprint density at radius 2 is 1.76 bits per heavy atom. The normalized spacial score (nSPS) is 12.2. The molecule has 0 amide bonds. The molecule has 0 bridgehead atoms. The second-order valence-corrected chi connectivity index (χ2v) is 4.40. The molecule has 0 aromatic heterocycles. The lowest BCUT2D eigenvalue weighted by Crippen LogP contribution is -2.03. The van der Waals surface area contributed by atoms with Crippen molar-refractivity contribution in [1.29, 1.82) is 0 Å². The minimum Gasteiger partial charge on any atom is -0.508 e. The van der Waals surface area contributed by atoms with Crippen LogP contribution in [0, 0.1) is 11.6 Å². The number of hydrogen-bond acceptors (Lipinski definition) is 3. The summed E-state index contributed by atoms with van der Waals surface area (Å²) in [5.74, 6) is -3.43. The Kier molecular flexibility index (Phi) is 4.37. The first-order chi connectivity index (χ1) is 9.99. The van der Waals surface area contributed by atoms with E-state index < -0.39 is 29.1 Å². The molecule has 3 nitrogen and oxygen atoms in total. The minimum atomic E-state index is -2.04. The van der Waals surface area contributed by atoms with Gasteiger partial charge < -0.3 is 14.9 Å². The van der Waals surface area contributed by atoms with E-state index >= 15 is 0 Å². The zero-order valence-electron chi connectivity index (χ0n) is 11.1. The van der Waals surface area contributed by atoms with E-state index in [0.29, 0.717) is 5.56 Å². The Bertz CT molecular complexity index is 659. The van der Waals surface area contributed by atoms with Crippen LogP contribution in [-0.2, 0) is 6.61 Å². The molecule has 2 aromatic carbocycles. The number of aliphatic hydroxyl groups is 1. The number of aliphatic hydroxyl groups excluding tert-OH is 1. The molecule has 0 aliphatic rings. The van der Waals surface area contributed by atoms with E-state index in [1.165, 1.54) is 25.3 Å². The van der Waals surface area contributed by atoms with Crippen molar-refractivity contribution in [1.82, 2.24) is 0 Å². The highest BCUT2D eigenvalue weighted by Gasteiger charge is 2.24. The number of ether oxygens (including phenoxy) is 1. The third-order valence-corrected chi connectivity index (χ3v) is 3.12. The van der Waals surface area contributed by atoms with Gasteiger partial charge in [0.2, 0.25) is 5.82 Å². The predicted octanol–water partition coefficient (Wildman–Crippen LogP) is 3.23. The molecule has 2 rings (SSSR count). The maximum atomic E-state index is 14.4. The molecule has 0 aliphatic heterocycles. The van der Waals surface area contributed by atoms with Crippen LogP contribution in [0.15, 0.2) is 30.3 Å². The van der Waals surface area contributed by atoms with Gasteiger partial charge in [0.1, 0.15) is 5.75 Å². The van der Waals surface area contributed by atoms with Gasteiger partial charge in [-0.1, -0.05) is 12.1 Å². The lowest BCUT2D eigenvalue weighted by molar-refractivity contribution is 0.280. The van der Waals surface area contributed by atoms with Gasteiger partial charge in [-0.15, -0.1) is 0 Å². The van der Waals surface area contributed by atoms with Crippen molar-refractivity contribution in [3.63, 3.8) is 0 Å². The zero-order valence-corrected chi connectivity index (χ0v) is 11.1. The SMILES string of the molecule is COc1ccc(C(F)c2ccc(CO)cc2O)c(F)c1F. The number of methoxy groups -OCH3 is 1. The Labute approximate surface area is 119 Å². The van der Waals surface area contributed by atoms with E-state index in [1.54, 1.807) is 0 Å². The van der Waals surface area contributed by atoms with Crippen molar-refractivity contribution in [2.24, 2.45) is 0 Å². The van der Waals surface area contributed by atoms with Gasteiger partial charge in [0.05, 0.1) is 13.7 Å². The molecule has 112 valence electrons. The maximum Gasteiger partial charge on any atom is 0.200 e. The molecule has 6 heteroatoms. The molecule has 2 aromatic rings. The van der Waals surface area contributed by atoms with Gasteiger partial charge in [0, 0.05) is 11.1 Å². The summed E-state index contributed by atoms with van der Waals surface area (Å²) in [6, 6.07) is 5.94. The van der Waals surface area contributed by atoms with Crippen LogP contribution in [0.2, 0.25) is 0 Å². The molecule has 2 N–H and O–H groups in total. The predicted molar refractivity (Wildman–Crippen MR) is 69.9 cm³/mol. The first-order valence-corrected chi connectivity index (χ1v) is 6.08. The Morgan fingerprint density at radius 3 is 2.33 bits per heavy atom. The van der Waals surface area contributed by atoms with Crippen LogP contribution in [0.1, 0.15) is 22.9 Å². The van der Waals surface area contributed by atoms with E-state index in [4.69, 9.17) is 5.11 Å². The van der Waals surface area contributed by atoms with Gasteiger partial charge in [0.15, 0.2) is 17.7 Å². The molecule has 0 saturated carbocycles. The molecule has 0 aliphatic carbocycles. The molecule has 0 radical (unpaired) electrons. The van der Waals surface area contributed by atoms with E-state index in [-0.39, 0.29) is 17.9 Å². The van der Waals surface area contributed by atoms with Crippen molar-refractivity contribution in [2.45, 2.75) is 12.8 Å². The van der Waals surface area contributed by atoms with Crippen LogP contribution in [-0.4, -0.2) is 17.3 Å². The summed E-state index contributed by atoms with van der Waals surface area (Å²) in [7, 11) is 1.17. The fraction of sp³-hybridized carbons (Fsp3) is 0.200. The molecule has 21 heavy (non-hydrogen) atoms.